The van der Waals surface area contributed by atoms with Crippen molar-refractivity contribution in [3.05, 3.63) is 48.4 Å². The van der Waals surface area contributed by atoms with Crippen molar-refractivity contribution in [1.29, 1.82) is 0 Å². The van der Waals surface area contributed by atoms with Crippen LogP contribution in [-0.2, 0) is 9.53 Å². The number of rotatable bonds is 4. The van der Waals surface area contributed by atoms with Crippen molar-refractivity contribution >= 4 is 24.5 Å². The van der Waals surface area contributed by atoms with Crippen LogP contribution in [0.4, 0.5) is 5.82 Å². The van der Waals surface area contributed by atoms with Gasteiger partial charge in [0.05, 0.1) is 30.7 Å². The summed E-state index contributed by atoms with van der Waals surface area (Å²) in [4.78, 5) is 19.3. The molecule has 1 saturated heterocycles. The zero-order chi connectivity index (χ0) is 19.8. The van der Waals surface area contributed by atoms with Gasteiger partial charge in [0.25, 0.3) is 0 Å². The van der Waals surface area contributed by atoms with Crippen LogP contribution in [-0.4, -0.2) is 54.5 Å². The van der Waals surface area contributed by atoms with Gasteiger partial charge in [0, 0.05) is 31.6 Å². The molecule has 0 aliphatic carbocycles. The van der Waals surface area contributed by atoms with Gasteiger partial charge in [-0.2, -0.15) is 0 Å². The maximum Gasteiger partial charge on any atom is 0.151 e. The predicted octanol–water partition coefficient (Wildman–Crippen LogP) is 3.21. The molecular formula is C21H25N5O2. The number of aromatic nitrogens is 3. The molecule has 0 bridgehead atoms. The first-order chi connectivity index (χ1) is 13.8. The van der Waals surface area contributed by atoms with E-state index in [0.29, 0.717) is 6.54 Å². The first-order valence-electron chi connectivity index (χ1n) is 9.35. The lowest BCUT2D eigenvalue weighted by Crippen LogP contribution is -2.29. The van der Waals surface area contributed by atoms with E-state index in [1.54, 1.807) is 7.11 Å². The molecule has 0 radical (unpaired) electrons. The van der Waals surface area contributed by atoms with Crippen LogP contribution in [0.1, 0.15) is 19.3 Å². The number of hydrogen-bond acceptors (Lipinski definition) is 6. The Bertz CT molecular complexity index is 864. The van der Waals surface area contributed by atoms with Gasteiger partial charge in [-0.05, 0) is 43.5 Å². The monoisotopic (exact) mass is 379 g/mol. The van der Waals surface area contributed by atoms with Crippen molar-refractivity contribution in [1.82, 2.24) is 14.8 Å². The highest BCUT2D eigenvalue weighted by molar-refractivity contribution is 6.04. The lowest BCUT2D eigenvalue weighted by Gasteiger charge is -2.26. The fourth-order valence-corrected chi connectivity index (χ4v) is 3.30. The van der Waals surface area contributed by atoms with Crippen LogP contribution in [0.2, 0.25) is 0 Å². The van der Waals surface area contributed by atoms with Gasteiger partial charge in [-0.25, -0.2) is 4.68 Å². The third-order valence-corrected chi connectivity index (χ3v) is 4.72. The topological polar surface area (TPSA) is 72.6 Å². The molecule has 7 heteroatoms. The molecule has 7 nitrogen and oxygen atoms in total. The molecule has 1 fully saturated rings. The summed E-state index contributed by atoms with van der Waals surface area (Å²) in [7, 11) is 1.67. The van der Waals surface area contributed by atoms with Crippen LogP contribution in [0.3, 0.4) is 0 Å². The van der Waals surface area contributed by atoms with E-state index in [9.17, 15) is 0 Å². The number of ether oxygens (including phenoxy) is 1. The molecular weight excluding hydrogens is 354 g/mol. The van der Waals surface area contributed by atoms with E-state index in [4.69, 9.17) is 14.6 Å². The van der Waals surface area contributed by atoms with Gasteiger partial charge < -0.3 is 14.4 Å². The molecule has 2 aromatic heterocycles. The van der Waals surface area contributed by atoms with Crippen molar-refractivity contribution in [3.63, 3.8) is 0 Å². The molecule has 0 saturated carbocycles. The van der Waals surface area contributed by atoms with E-state index >= 15 is 0 Å². The normalized spacial score (nSPS) is 16.4. The molecule has 2 aliphatic rings. The second-order valence-electron chi connectivity index (χ2n) is 6.46. The van der Waals surface area contributed by atoms with E-state index in [1.807, 2.05) is 54.2 Å². The molecule has 0 unspecified atom stereocenters. The van der Waals surface area contributed by atoms with Gasteiger partial charge in [0.15, 0.2) is 5.82 Å². The Labute approximate surface area is 165 Å². The number of allylic oxidation sites excluding steroid dienone is 3. The smallest absolute Gasteiger partial charge is 0.151 e. The summed E-state index contributed by atoms with van der Waals surface area (Å²) in [5.41, 5.74) is 2.77. The number of nitrogens with zero attached hydrogens (tertiary/aromatic N) is 5. The highest BCUT2D eigenvalue weighted by Crippen LogP contribution is 2.27. The fourth-order valence-electron chi connectivity index (χ4n) is 3.30. The number of piperidine rings is 1. The second kappa shape index (κ2) is 9.64. The van der Waals surface area contributed by atoms with Gasteiger partial charge in [-0.3, -0.25) is 9.98 Å². The minimum absolute atomic E-state index is 0.537. The van der Waals surface area contributed by atoms with Gasteiger partial charge in [-0.1, -0.05) is 6.07 Å². The lowest BCUT2D eigenvalue weighted by atomic mass is 10.1. The van der Waals surface area contributed by atoms with E-state index in [2.05, 4.69) is 20.9 Å². The molecule has 0 spiro atoms. The Morgan fingerprint density at radius 3 is 2.64 bits per heavy atom. The Kier molecular flexibility index (Phi) is 6.73. The summed E-state index contributed by atoms with van der Waals surface area (Å²) in [6, 6.07) is 8.07. The number of anilines is 1. The lowest BCUT2D eigenvalue weighted by molar-refractivity contribution is -0.0979. The minimum atomic E-state index is 0.537. The van der Waals surface area contributed by atoms with Crippen LogP contribution in [0.25, 0.3) is 17.1 Å². The van der Waals surface area contributed by atoms with Crippen molar-refractivity contribution in [2.45, 2.75) is 19.3 Å². The van der Waals surface area contributed by atoms with Gasteiger partial charge in [0.1, 0.15) is 12.5 Å². The molecule has 4 heterocycles. The standard InChI is InChI=1S/C20H23N5O.CH2O/c1-26-17-9-8-16(14-21-15-17)25-19(18-7-3-4-10-22-18)13-20(23-25)24-11-5-2-6-12-24;1-2/h3-4,7-10,13-14H,2,5-6,11-12,15H2,1H3;1H2. The van der Waals surface area contributed by atoms with Crippen molar-refractivity contribution in [2.75, 3.05) is 31.6 Å². The first-order valence-corrected chi connectivity index (χ1v) is 9.35. The summed E-state index contributed by atoms with van der Waals surface area (Å²) in [6.45, 7) is 4.65. The summed E-state index contributed by atoms with van der Waals surface area (Å²) in [5.74, 6) is 1.83. The maximum absolute atomic E-state index is 8.00. The third-order valence-electron chi connectivity index (χ3n) is 4.72. The summed E-state index contributed by atoms with van der Waals surface area (Å²) < 4.78 is 7.26. The zero-order valence-electron chi connectivity index (χ0n) is 16.1. The summed E-state index contributed by atoms with van der Waals surface area (Å²) in [6.07, 6.45) is 11.3. The average Bonchev–Trinajstić information content (AvgIpc) is 3.08. The van der Waals surface area contributed by atoms with E-state index in [-0.39, 0.29) is 0 Å². The van der Waals surface area contributed by atoms with E-state index in [1.165, 1.54) is 19.3 Å². The van der Waals surface area contributed by atoms with Crippen molar-refractivity contribution in [2.24, 2.45) is 4.99 Å². The highest BCUT2D eigenvalue weighted by Gasteiger charge is 2.19. The molecule has 28 heavy (non-hydrogen) atoms. The van der Waals surface area contributed by atoms with E-state index in [0.717, 1.165) is 41.8 Å². The largest absolute Gasteiger partial charge is 0.499 e. The van der Waals surface area contributed by atoms with E-state index < -0.39 is 0 Å². The zero-order valence-corrected chi connectivity index (χ0v) is 16.1. The number of hydrogen-bond donors (Lipinski definition) is 0. The summed E-state index contributed by atoms with van der Waals surface area (Å²) in [5, 5.41) is 4.90. The Morgan fingerprint density at radius 2 is 1.93 bits per heavy atom. The van der Waals surface area contributed by atoms with Crippen molar-refractivity contribution in [3.8, 4) is 11.4 Å². The van der Waals surface area contributed by atoms with Crippen LogP contribution >= 0.6 is 0 Å². The number of methoxy groups -OCH3 is 1. The molecule has 2 aliphatic heterocycles. The SMILES string of the molecule is C=O.COC1=CC=C(n2nc(N3CCCCC3)cc2-c2ccccn2)C=NC1. The summed E-state index contributed by atoms with van der Waals surface area (Å²) >= 11 is 0. The van der Waals surface area contributed by atoms with Crippen LogP contribution < -0.4 is 4.90 Å². The molecule has 0 amide bonds. The average molecular weight is 379 g/mol. The number of pyridine rings is 1. The van der Waals surface area contributed by atoms with Crippen LogP contribution in [0, 0.1) is 0 Å². The van der Waals surface area contributed by atoms with Crippen LogP contribution in [0.15, 0.2) is 53.4 Å². The second-order valence-corrected chi connectivity index (χ2v) is 6.46. The molecule has 146 valence electrons. The number of carbonyl (C=O) groups excluding carboxylic acids is 1. The van der Waals surface area contributed by atoms with Gasteiger partial charge in [0.2, 0.25) is 0 Å². The predicted molar refractivity (Wildman–Crippen MR) is 111 cm³/mol. The molecule has 2 aromatic rings. The number of carbonyl (C=O) groups is 1. The third kappa shape index (κ3) is 4.36. The number of aliphatic imine (C=N–C) groups is 1. The fraction of sp³-hybridized carbons (Fsp3) is 0.333. The Morgan fingerprint density at radius 1 is 1.11 bits per heavy atom. The maximum atomic E-state index is 8.00. The van der Waals surface area contributed by atoms with Crippen LogP contribution in [0.5, 0.6) is 0 Å². The van der Waals surface area contributed by atoms with Crippen molar-refractivity contribution < 1.29 is 9.53 Å². The first kappa shape index (κ1) is 19.5. The quantitative estimate of drug-likeness (QED) is 0.816. The van der Waals surface area contributed by atoms with Gasteiger partial charge in [-0.15, -0.1) is 5.10 Å². The minimum Gasteiger partial charge on any atom is -0.499 e. The molecule has 0 atom stereocenters. The molecule has 0 N–H and O–H groups in total. The Balaban J connectivity index is 0.00000109. The highest BCUT2D eigenvalue weighted by atomic mass is 16.5. The molecule has 0 aromatic carbocycles. The van der Waals surface area contributed by atoms with Gasteiger partial charge >= 0.3 is 0 Å². The Hall–Kier alpha value is -3.22. The molecule has 4 rings (SSSR count).